The lowest BCUT2D eigenvalue weighted by atomic mass is 10.0. The highest BCUT2D eigenvalue weighted by Crippen LogP contribution is 2.32. The fourth-order valence-electron chi connectivity index (χ4n) is 3.21. The van der Waals surface area contributed by atoms with Crippen LogP contribution in [0.1, 0.15) is 36.7 Å². The minimum atomic E-state index is -0.261. The van der Waals surface area contributed by atoms with Gasteiger partial charge in [0.25, 0.3) is 5.91 Å². The van der Waals surface area contributed by atoms with Crippen LogP contribution in [0.2, 0.25) is 0 Å². The third-order valence-corrected chi connectivity index (χ3v) is 5.17. The summed E-state index contributed by atoms with van der Waals surface area (Å²) < 4.78 is 13.0. The largest absolute Gasteiger partial charge is 0.351 e. The van der Waals surface area contributed by atoms with E-state index in [9.17, 15) is 9.18 Å². The Hall–Kier alpha value is -2.70. The molecule has 4 rings (SSSR count). The van der Waals surface area contributed by atoms with Crippen molar-refractivity contribution in [1.29, 1.82) is 0 Å². The van der Waals surface area contributed by atoms with Crippen LogP contribution < -0.4 is 16.8 Å². The number of nitrogens with two attached hydrogens (primary N) is 2. The molecule has 1 amide bonds. The van der Waals surface area contributed by atoms with Gasteiger partial charge in [0.15, 0.2) is 0 Å². The van der Waals surface area contributed by atoms with Crippen molar-refractivity contribution in [3.63, 3.8) is 0 Å². The number of halogens is 1. The second kappa shape index (κ2) is 9.67. The quantitative estimate of drug-likeness (QED) is 0.510. The summed E-state index contributed by atoms with van der Waals surface area (Å²) in [7, 11) is 0. The Balaban J connectivity index is 0.000000290. The minimum Gasteiger partial charge on any atom is -0.351 e. The molecule has 1 saturated carbocycles. The number of hydrogen-bond acceptors (Lipinski definition) is 3. The van der Waals surface area contributed by atoms with Gasteiger partial charge < -0.3 is 21.8 Å². The maximum atomic E-state index is 13.0. The van der Waals surface area contributed by atoms with E-state index < -0.39 is 0 Å². The number of rotatable bonds is 6. The summed E-state index contributed by atoms with van der Waals surface area (Å²) in [6.45, 7) is 3.00. The number of amides is 1. The van der Waals surface area contributed by atoms with Crippen LogP contribution in [0.15, 0.2) is 48.5 Å². The molecule has 0 radical (unpaired) electrons. The molecule has 1 aromatic heterocycles. The number of benzene rings is 2. The van der Waals surface area contributed by atoms with Crippen LogP contribution in [0.5, 0.6) is 0 Å². The molecule has 1 unspecified atom stereocenters. The lowest BCUT2D eigenvalue weighted by Gasteiger charge is -2.02. The van der Waals surface area contributed by atoms with Crippen LogP contribution in [0, 0.1) is 11.7 Å². The van der Waals surface area contributed by atoms with E-state index >= 15 is 0 Å². The van der Waals surface area contributed by atoms with Crippen molar-refractivity contribution < 1.29 is 9.18 Å². The van der Waals surface area contributed by atoms with Crippen molar-refractivity contribution in [2.75, 3.05) is 13.1 Å². The smallest absolute Gasteiger partial charge is 0.267 e. The van der Waals surface area contributed by atoms with Gasteiger partial charge in [-0.15, -0.1) is 0 Å². The normalized spacial score (nSPS) is 14.2. The molecule has 1 atom stereocenters. The molecular weight excluding hydrogens is 367 g/mol. The van der Waals surface area contributed by atoms with Crippen LogP contribution in [-0.2, 0) is 0 Å². The first-order chi connectivity index (χ1) is 14.0. The molecule has 0 spiro atoms. The Kier molecular flexibility index (Phi) is 7.01. The zero-order valence-corrected chi connectivity index (χ0v) is 16.7. The topological polar surface area (TPSA) is 96.9 Å². The number of nitrogens with one attached hydrogen (secondary N) is 2. The molecule has 6 heteroatoms. The van der Waals surface area contributed by atoms with Crippen LogP contribution in [0.25, 0.3) is 22.0 Å². The first-order valence-electron chi connectivity index (χ1n) is 10.1. The third-order valence-electron chi connectivity index (χ3n) is 5.17. The summed E-state index contributed by atoms with van der Waals surface area (Å²) in [6, 6.07) is 14.5. The predicted molar refractivity (Wildman–Crippen MR) is 116 cm³/mol. The van der Waals surface area contributed by atoms with E-state index in [-0.39, 0.29) is 11.7 Å². The molecule has 1 aliphatic rings. The molecule has 1 heterocycles. The molecule has 5 nitrogen and oxygen atoms in total. The standard InChI is InChI=1S/C17H16FN3O.C6H13N/c18-14-5-3-11(4-6-14)12-1-2-13-10-16(21-15(13)9-12)17(22)20-8-7-19;1-2-6(7)5-3-4-5/h1-6,9-10,21H,7-8,19H2,(H,20,22);5-6H,2-4,7H2,1H3. The summed E-state index contributed by atoms with van der Waals surface area (Å²) in [5.74, 6) is 0.457. The molecular formula is C23H29FN4O. The highest BCUT2D eigenvalue weighted by atomic mass is 19.1. The Bertz CT molecular complexity index is 947. The van der Waals surface area contributed by atoms with Gasteiger partial charge >= 0.3 is 0 Å². The molecule has 1 aliphatic carbocycles. The lowest BCUT2D eigenvalue weighted by Crippen LogP contribution is -2.29. The Labute approximate surface area is 170 Å². The fourth-order valence-corrected chi connectivity index (χ4v) is 3.21. The van der Waals surface area contributed by atoms with Crippen molar-refractivity contribution in [2.45, 2.75) is 32.2 Å². The number of aromatic nitrogens is 1. The van der Waals surface area contributed by atoms with E-state index in [0.717, 1.165) is 34.4 Å². The molecule has 29 heavy (non-hydrogen) atoms. The van der Waals surface area contributed by atoms with Crippen LogP contribution in [0.3, 0.4) is 0 Å². The van der Waals surface area contributed by atoms with E-state index in [0.29, 0.717) is 24.8 Å². The van der Waals surface area contributed by atoms with E-state index in [1.165, 1.54) is 25.0 Å². The number of carbonyl (C=O) groups is 1. The van der Waals surface area contributed by atoms with Gasteiger partial charge in [-0.1, -0.05) is 31.2 Å². The van der Waals surface area contributed by atoms with Gasteiger partial charge in [-0.3, -0.25) is 4.79 Å². The van der Waals surface area contributed by atoms with E-state index in [1.807, 2.05) is 18.2 Å². The SMILES string of the molecule is CCC(N)C1CC1.NCCNC(=O)c1cc2ccc(-c3ccc(F)cc3)cc2[nH]1. The highest BCUT2D eigenvalue weighted by molar-refractivity contribution is 5.98. The molecule has 2 aromatic carbocycles. The third kappa shape index (κ3) is 5.65. The highest BCUT2D eigenvalue weighted by Gasteiger charge is 2.26. The Morgan fingerprint density at radius 2 is 1.86 bits per heavy atom. The lowest BCUT2D eigenvalue weighted by molar-refractivity contribution is 0.0950. The fraction of sp³-hybridized carbons (Fsp3) is 0.348. The number of aromatic amines is 1. The average molecular weight is 397 g/mol. The number of hydrogen-bond donors (Lipinski definition) is 4. The molecule has 6 N–H and O–H groups in total. The van der Waals surface area contributed by atoms with E-state index in [1.54, 1.807) is 18.2 Å². The van der Waals surface area contributed by atoms with Gasteiger partial charge in [0.1, 0.15) is 11.5 Å². The van der Waals surface area contributed by atoms with Gasteiger partial charge in [0.05, 0.1) is 0 Å². The summed E-state index contributed by atoms with van der Waals surface area (Å²) in [6.07, 6.45) is 3.93. The number of H-pyrrole nitrogens is 1. The number of fused-ring (bicyclic) bond motifs is 1. The monoisotopic (exact) mass is 396 g/mol. The molecule has 0 saturated heterocycles. The summed E-state index contributed by atoms with van der Waals surface area (Å²) in [4.78, 5) is 15.0. The van der Waals surface area contributed by atoms with Gasteiger partial charge in [-0.2, -0.15) is 0 Å². The Morgan fingerprint density at radius 1 is 1.17 bits per heavy atom. The molecule has 154 valence electrons. The molecule has 1 fully saturated rings. The van der Waals surface area contributed by atoms with Crippen molar-refractivity contribution in [3.8, 4) is 11.1 Å². The average Bonchev–Trinajstić information content (AvgIpc) is 3.50. The zero-order chi connectivity index (χ0) is 20.8. The van der Waals surface area contributed by atoms with E-state index in [4.69, 9.17) is 11.5 Å². The first-order valence-corrected chi connectivity index (χ1v) is 10.1. The summed E-state index contributed by atoms with van der Waals surface area (Å²) in [5.41, 5.74) is 14.3. The second-order valence-electron chi connectivity index (χ2n) is 7.45. The first kappa shape index (κ1) is 21.0. The summed E-state index contributed by atoms with van der Waals surface area (Å²) in [5, 5.41) is 3.67. The van der Waals surface area contributed by atoms with Crippen molar-refractivity contribution in [2.24, 2.45) is 17.4 Å². The van der Waals surface area contributed by atoms with Gasteiger partial charge in [0, 0.05) is 30.0 Å². The summed E-state index contributed by atoms with van der Waals surface area (Å²) >= 11 is 0. The van der Waals surface area contributed by atoms with Crippen molar-refractivity contribution in [1.82, 2.24) is 10.3 Å². The van der Waals surface area contributed by atoms with Crippen LogP contribution in [0.4, 0.5) is 4.39 Å². The Morgan fingerprint density at radius 3 is 2.45 bits per heavy atom. The molecule has 0 aliphatic heterocycles. The second-order valence-corrected chi connectivity index (χ2v) is 7.45. The molecule has 0 bridgehead atoms. The van der Waals surface area contributed by atoms with Crippen molar-refractivity contribution >= 4 is 16.8 Å². The van der Waals surface area contributed by atoms with Crippen LogP contribution >= 0.6 is 0 Å². The maximum absolute atomic E-state index is 13.0. The van der Waals surface area contributed by atoms with Gasteiger partial charge in [-0.25, -0.2) is 4.39 Å². The number of carbonyl (C=O) groups excluding carboxylic acids is 1. The van der Waals surface area contributed by atoms with Gasteiger partial charge in [-0.05, 0) is 60.6 Å². The van der Waals surface area contributed by atoms with E-state index in [2.05, 4.69) is 17.2 Å². The maximum Gasteiger partial charge on any atom is 0.267 e. The van der Waals surface area contributed by atoms with Gasteiger partial charge in [0.2, 0.25) is 0 Å². The van der Waals surface area contributed by atoms with Crippen LogP contribution in [-0.4, -0.2) is 30.0 Å². The molecule has 3 aromatic rings. The zero-order valence-electron chi connectivity index (χ0n) is 16.7. The minimum absolute atomic E-state index is 0.176. The predicted octanol–water partition coefficient (Wildman–Crippen LogP) is 3.80. The van der Waals surface area contributed by atoms with Crippen molar-refractivity contribution in [3.05, 3.63) is 60.0 Å².